The molecule has 0 aliphatic rings. The van der Waals surface area contributed by atoms with E-state index in [4.69, 9.17) is 39.0 Å². The number of rotatable bonds is 37. The van der Waals surface area contributed by atoms with Crippen molar-refractivity contribution in [2.24, 2.45) is 5.73 Å². The van der Waals surface area contributed by atoms with Crippen LogP contribution in [-0.4, -0.2) is 12.5 Å². The third-order valence-electron chi connectivity index (χ3n) is 9.16. The molecule has 0 aliphatic carbocycles. The Morgan fingerprint density at radius 3 is 0.524 bits per heavy atom. The summed E-state index contributed by atoms with van der Waals surface area (Å²) in [6.45, 7) is 0.870. The molecule has 0 aliphatic heterocycles. The monoisotopic (exact) mass is 667 g/mol. The molecule has 0 saturated carbocycles. The molecular formula is C37H76Cl3NSi. The Kier molecular flexibility index (Phi) is 37.4. The molecule has 0 aromatic rings. The average molecular weight is 669 g/mol. The number of hydrogen-bond donors (Lipinski definition) is 1. The summed E-state index contributed by atoms with van der Waals surface area (Å²) in [4.78, 5) is 0. The van der Waals surface area contributed by atoms with Gasteiger partial charge in [0.1, 0.15) is 0 Å². The zero-order valence-electron chi connectivity index (χ0n) is 28.4. The standard InChI is InChI=1S/C37H76Cl3NSi/c38-42(39,40)37-35-33-31-29-27-25-23-21-19-17-15-13-11-9-7-5-3-1-2-4-6-8-10-12-14-16-18-20-22-24-26-28-30-32-34-36-41/h1-37,41H2. The minimum absolute atomic E-state index is 0.829. The number of hydrogen-bond acceptors (Lipinski definition) is 1. The summed E-state index contributed by atoms with van der Waals surface area (Å²) in [6, 6.07) is -1.54. The molecule has 0 bridgehead atoms. The van der Waals surface area contributed by atoms with E-state index in [0.717, 1.165) is 19.0 Å². The first kappa shape index (κ1) is 43.0. The molecular weight excluding hydrogens is 593 g/mol. The highest BCUT2D eigenvalue weighted by Gasteiger charge is 2.23. The first-order valence-corrected chi connectivity index (χ1v) is 24.6. The van der Waals surface area contributed by atoms with Crippen LogP contribution in [0, 0.1) is 0 Å². The summed E-state index contributed by atoms with van der Waals surface area (Å²) in [5.74, 6) is 0. The van der Waals surface area contributed by atoms with Gasteiger partial charge in [-0.25, -0.2) is 0 Å². The van der Waals surface area contributed by atoms with Gasteiger partial charge in [-0.2, -0.15) is 0 Å². The minimum Gasteiger partial charge on any atom is -0.330 e. The van der Waals surface area contributed by atoms with Crippen LogP contribution >= 0.6 is 33.2 Å². The smallest absolute Gasteiger partial charge is 0.330 e. The van der Waals surface area contributed by atoms with Crippen LogP contribution in [0.5, 0.6) is 0 Å². The number of halogens is 3. The van der Waals surface area contributed by atoms with E-state index in [2.05, 4.69) is 0 Å². The maximum Gasteiger partial charge on any atom is 0.341 e. The zero-order chi connectivity index (χ0) is 30.7. The molecule has 0 aromatic carbocycles. The summed E-state index contributed by atoms with van der Waals surface area (Å²) in [6.07, 6.45) is 49.9. The van der Waals surface area contributed by atoms with Crippen LogP contribution in [-0.2, 0) is 0 Å². The fourth-order valence-corrected chi connectivity index (χ4v) is 8.16. The quantitative estimate of drug-likeness (QED) is 0.0398. The highest BCUT2D eigenvalue weighted by atomic mass is 35.8. The normalized spacial score (nSPS) is 12.0. The van der Waals surface area contributed by atoms with Crippen LogP contribution in [0.15, 0.2) is 0 Å². The Morgan fingerprint density at radius 2 is 0.381 bits per heavy atom. The Morgan fingerprint density at radius 1 is 0.238 bits per heavy atom. The van der Waals surface area contributed by atoms with Crippen molar-refractivity contribution in [2.75, 3.05) is 6.54 Å². The lowest BCUT2D eigenvalue weighted by Gasteiger charge is -2.07. The highest BCUT2D eigenvalue weighted by molar-refractivity contribution is 7.64. The van der Waals surface area contributed by atoms with Crippen molar-refractivity contribution in [1.29, 1.82) is 0 Å². The summed E-state index contributed by atoms with van der Waals surface area (Å²) in [7, 11) is 0. The highest BCUT2D eigenvalue weighted by Crippen LogP contribution is 2.27. The molecule has 42 heavy (non-hydrogen) atoms. The van der Waals surface area contributed by atoms with E-state index in [-0.39, 0.29) is 0 Å². The molecule has 2 N–H and O–H groups in total. The fraction of sp³-hybridized carbons (Fsp3) is 1.00. The SMILES string of the molecule is NCCCCCCCCCCCCCCCCCCCCCCCCCCCCCCCCCCCCC[Si](Cl)(Cl)Cl. The van der Waals surface area contributed by atoms with Crippen LogP contribution in [0.3, 0.4) is 0 Å². The van der Waals surface area contributed by atoms with Gasteiger partial charge in [0, 0.05) is 0 Å². The molecule has 0 aromatic heterocycles. The lowest BCUT2D eigenvalue weighted by Crippen LogP contribution is -2.07. The Bertz CT molecular complexity index is 486. The van der Waals surface area contributed by atoms with E-state index in [1.807, 2.05) is 0 Å². The van der Waals surface area contributed by atoms with Crippen molar-refractivity contribution >= 4 is 39.2 Å². The predicted octanol–water partition coefficient (Wildman–Crippen LogP) is 15.3. The molecule has 0 amide bonds. The summed E-state index contributed by atoms with van der Waals surface area (Å²) < 4.78 is 0. The van der Waals surface area contributed by atoms with Gasteiger partial charge in [0.2, 0.25) is 0 Å². The second kappa shape index (κ2) is 36.5. The average Bonchev–Trinajstić information content (AvgIpc) is 2.96. The van der Waals surface area contributed by atoms with Gasteiger partial charge in [0.05, 0.1) is 0 Å². The molecule has 0 unspecified atom stereocenters. The number of unbranched alkanes of at least 4 members (excludes halogenated alkanes) is 34. The van der Waals surface area contributed by atoms with Crippen molar-refractivity contribution in [2.45, 2.75) is 231 Å². The number of nitrogens with two attached hydrogens (primary N) is 1. The third-order valence-corrected chi connectivity index (χ3v) is 11.8. The van der Waals surface area contributed by atoms with E-state index in [9.17, 15) is 0 Å². The van der Waals surface area contributed by atoms with Crippen molar-refractivity contribution in [3.63, 3.8) is 0 Å². The van der Waals surface area contributed by atoms with Gasteiger partial charge >= 0.3 is 6.00 Å². The van der Waals surface area contributed by atoms with E-state index < -0.39 is 6.00 Å². The molecule has 5 heteroatoms. The Hall–Kier alpha value is 1.05. The van der Waals surface area contributed by atoms with Gasteiger partial charge in [0.25, 0.3) is 0 Å². The van der Waals surface area contributed by atoms with Crippen LogP contribution in [0.2, 0.25) is 6.04 Å². The molecule has 0 saturated heterocycles. The second-order valence-electron chi connectivity index (χ2n) is 13.5. The van der Waals surface area contributed by atoms with Crippen LogP contribution in [0.25, 0.3) is 0 Å². The maximum atomic E-state index is 5.93. The molecule has 1 nitrogen and oxygen atoms in total. The van der Waals surface area contributed by atoms with Gasteiger partial charge in [-0.15, -0.1) is 33.2 Å². The van der Waals surface area contributed by atoms with Crippen molar-refractivity contribution in [1.82, 2.24) is 0 Å². The molecule has 0 fully saturated rings. The second-order valence-corrected chi connectivity index (χ2v) is 22.8. The largest absolute Gasteiger partial charge is 0.341 e. The van der Waals surface area contributed by atoms with Gasteiger partial charge in [0.15, 0.2) is 0 Å². The van der Waals surface area contributed by atoms with Crippen LogP contribution in [0.4, 0.5) is 0 Å². The van der Waals surface area contributed by atoms with Gasteiger partial charge in [-0.05, 0) is 19.0 Å². The van der Waals surface area contributed by atoms with E-state index in [0.29, 0.717) is 0 Å². The molecule has 0 radical (unpaired) electrons. The Balaban J connectivity index is 3.04. The van der Waals surface area contributed by atoms with E-state index in [1.54, 1.807) is 0 Å². The Labute approximate surface area is 281 Å². The summed E-state index contributed by atoms with van der Waals surface area (Å²) in [5.41, 5.74) is 5.55. The molecule has 0 atom stereocenters. The third kappa shape index (κ3) is 41.0. The van der Waals surface area contributed by atoms with E-state index in [1.165, 1.54) is 218 Å². The van der Waals surface area contributed by atoms with Gasteiger partial charge in [-0.3, -0.25) is 0 Å². The van der Waals surface area contributed by atoms with Crippen LogP contribution < -0.4 is 5.73 Å². The molecule has 0 spiro atoms. The van der Waals surface area contributed by atoms with Crippen LogP contribution in [0.1, 0.15) is 225 Å². The van der Waals surface area contributed by atoms with Crippen molar-refractivity contribution < 1.29 is 0 Å². The minimum atomic E-state index is -2.37. The summed E-state index contributed by atoms with van der Waals surface area (Å²) >= 11 is 17.8. The topological polar surface area (TPSA) is 26.0 Å². The predicted molar refractivity (Wildman–Crippen MR) is 199 cm³/mol. The zero-order valence-corrected chi connectivity index (χ0v) is 31.6. The van der Waals surface area contributed by atoms with Crippen molar-refractivity contribution in [3.05, 3.63) is 0 Å². The molecule has 0 rings (SSSR count). The summed E-state index contributed by atoms with van der Waals surface area (Å²) in [5, 5.41) is 0. The van der Waals surface area contributed by atoms with Crippen molar-refractivity contribution in [3.8, 4) is 0 Å². The maximum absolute atomic E-state index is 5.93. The lowest BCUT2D eigenvalue weighted by atomic mass is 10.0. The molecule has 0 heterocycles. The molecule has 254 valence electrons. The fourth-order valence-electron chi connectivity index (χ4n) is 6.30. The van der Waals surface area contributed by atoms with Gasteiger partial charge in [-0.1, -0.05) is 218 Å². The first-order chi connectivity index (χ1) is 20.6. The first-order valence-electron chi connectivity index (χ1n) is 19.3. The van der Waals surface area contributed by atoms with E-state index >= 15 is 0 Å². The van der Waals surface area contributed by atoms with Gasteiger partial charge < -0.3 is 5.73 Å². The lowest BCUT2D eigenvalue weighted by molar-refractivity contribution is 0.511.